The average Bonchev–Trinajstić information content (AvgIpc) is 2.85. The Hall–Kier alpha value is -5.12. The fourth-order valence-electron chi connectivity index (χ4n) is 3.15. The molecule has 3 aromatic rings. The molecule has 0 saturated heterocycles. The van der Waals surface area contributed by atoms with E-state index in [1.807, 2.05) is 54.6 Å². The average molecular weight is 449 g/mol. The molecule has 164 valence electrons. The van der Waals surface area contributed by atoms with E-state index in [0.717, 1.165) is 0 Å². The molecule has 3 aliphatic rings. The SMILES string of the molecule is c1ccc(OC2=NC3=NC(Oc4ccccc4)=NC4=NC(Oc5ccccc5)=NC(=N2)N34)cc1. The van der Waals surface area contributed by atoms with E-state index in [4.69, 9.17) is 14.2 Å². The Balaban J connectivity index is 1.39. The van der Waals surface area contributed by atoms with Crippen molar-refractivity contribution in [3.05, 3.63) is 91.0 Å². The van der Waals surface area contributed by atoms with Crippen molar-refractivity contribution in [2.45, 2.75) is 0 Å². The smallest absolute Gasteiger partial charge is 0.328 e. The van der Waals surface area contributed by atoms with E-state index in [2.05, 4.69) is 30.0 Å². The van der Waals surface area contributed by atoms with Crippen LogP contribution in [0.2, 0.25) is 0 Å². The number of guanidine groups is 3. The zero-order valence-corrected chi connectivity index (χ0v) is 17.5. The number of benzene rings is 3. The highest BCUT2D eigenvalue weighted by Crippen LogP contribution is 2.21. The van der Waals surface area contributed by atoms with Gasteiger partial charge < -0.3 is 14.2 Å². The van der Waals surface area contributed by atoms with Crippen LogP contribution in [0.25, 0.3) is 0 Å². The lowest BCUT2D eigenvalue weighted by molar-refractivity contribution is 0.525. The summed E-state index contributed by atoms with van der Waals surface area (Å²) in [5.41, 5.74) is 0. The van der Waals surface area contributed by atoms with Gasteiger partial charge in [0.2, 0.25) is 17.9 Å². The van der Waals surface area contributed by atoms with Crippen molar-refractivity contribution in [1.29, 1.82) is 0 Å². The molecule has 0 amide bonds. The molecule has 0 radical (unpaired) electrons. The molecule has 0 N–H and O–H groups in total. The summed E-state index contributed by atoms with van der Waals surface area (Å²) in [7, 11) is 0. The van der Waals surface area contributed by atoms with Gasteiger partial charge in [-0.2, -0.15) is 30.0 Å². The summed E-state index contributed by atoms with van der Waals surface area (Å²) in [6.07, 6.45) is 0. The highest BCUT2D eigenvalue weighted by atomic mass is 16.5. The Morgan fingerprint density at radius 1 is 0.382 bits per heavy atom. The van der Waals surface area contributed by atoms with E-state index in [9.17, 15) is 0 Å². The third kappa shape index (κ3) is 4.02. The quantitative estimate of drug-likeness (QED) is 0.608. The number of rotatable bonds is 3. The standard InChI is InChI=1S/C24H15N7O3/c1-4-10-16(11-5-1)32-22-25-19-27-23(33-17-12-6-2-7-13-17)29-21-30-24(28-20(26-22)31(19)21)34-18-14-8-3-9-15-18/h1-15H. The lowest BCUT2D eigenvalue weighted by Gasteiger charge is -2.29. The fourth-order valence-corrected chi connectivity index (χ4v) is 3.15. The molecular weight excluding hydrogens is 434 g/mol. The molecule has 0 saturated carbocycles. The highest BCUT2D eigenvalue weighted by Gasteiger charge is 2.36. The maximum Gasteiger partial charge on any atom is 0.328 e. The molecule has 0 bridgehead atoms. The van der Waals surface area contributed by atoms with E-state index in [1.54, 1.807) is 36.4 Å². The zero-order valence-electron chi connectivity index (χ0n) is 17.5. The first-order valence-corrected chi connectivity index (χ1v) is 10.3. The van der Waals surface area contributed by atoms with Crippen molar-refractivity contribution in [2.75, 3.05) is 0 Å². The van der Waals surface area contributed by atoms with Crippen LogP contribution in [0.15, 0.2) is 121 Å². The van der Waals surface area contributed by atoms with Gasteiger partial charge >= 0.3 is 18.1 Å². The van der Waals surface area contributed by atoms with Gasteiger partial charge in [-0.1, -0.05) is 54.6 Å². The van der Waals surface area contributed by atoms with Gasteiger partial charge in [0.05, 0.1) is 0 Å². The minimum atomic E-state index is 0.0567. The lowest BCUT2D eigenvalue weighted by Crippen LogP contribution is -2.49. The van der Waals surface area contributed by atoms with Gasteiger partial charge in [0.25, 0.3) is 0 Å². The minimum absolute atomic E-state index is 0.0567. The van der Waals surface area contributed by atoms with Gasteiger partial charge in [0.1, 0.15) is 17.2 Å². The van der Waals surface area contributed by atoms with Crippen LogP contribution in [-0.2, 0) is 0 Å². The lowest BCUT2D eigenvalue weighted by atomic mass is 10.3. The topological polar surface area (TPSA) is 105 Å². The zero-order chi connectivity index (χ0) is 22.7. The van der Waals surface area contributed by atoms with Gasteiger partial charge in [-0.25, -0.2) is 4.90 Å². The van der Waals surface area contributed by atoms with Crippen molar-refractivity contribution in [1.82, 2.24) is 4.90 Å². The predicted octanol–water partition coefficient (Wildman–Crippen LogP) is 3.70. The van der Waals surface area contributed by atoms with Crippen LogP contribution in [0.3, 0.4) is 0 Å². The van der Waals surface area contributed by atoms with E-state index < -0.39 is 0 Å². The number of ether oxygens (including phenoxy) is 3. The molecule has 6 rings (SSSR count). The summed E-state index contributed by atoms with van der Waals surface area (Å²) in [5, 5.41) is 0. The molecular formula is C24H15N7O3. The number of hydrogen-bond donors (Lipinski definition) is 0. The third-order valence-electron chi connectivity index (χ3n) is 4.63. The predicted molar refractivity (Wildman–Crippen MR) is 128 cm³/mol. The Labute approximate surface area is 193 Å². The van der Waals surface area contributed by atoms with Crippen molar-refractivity contribution in [3.8, 4) is 17.2 Å². The first-order valence-electron chi connectivity index (χ1n) is 10.3. The maximum atomic E-state index is 5.83. The van der Waals surface area contributed by atoms with E-state index in [1.165, 1.54) is 4.90 Å². The Kier molecular flexibility index (Phi) is 4.85. The van der Waals surface area contributed by atoms with E-state index in [-0.39, 0.29) is 35.9 Å². The summed E-state index contributed by atoms with van der Waals surface area (Å²) in [4.78, 5) is 28.0. The fraction of sp³-hybridized carbons (Fsp3) is 0. The summed E-state index contributed by atoms with van der Waals surface area (Å²) >= 11 is 0. The van der Waals surface area contributed by atoms with Gasteiger partial charge in [-0.3, -0.25) is 0 Å². The van der Waals surface area contributed by atoms with Crippen LogP contribution in [-0.4, -0.2) is 40.8 Å². The first kappa shape index (κ1) is 19.6. The number of para-hydroxylation sites is 3. The van der Waals surface area contributed by atoms with E-state index in [0.29, 0.717) is 17.2 Å². The van der Waals surface area contributed by atoms with Crippen LogP contribution in [0.4, 0.5) is 0 Å². The highest BCUT2D eigenvalue weighted by molar-refractivity contribution is 6.29. The number of amidine groups is 3. The largest absolute Gasteiger partial charge is 0.424 e. The second-order valence-corrected chi connectivity index (χ2v) is 7.00. The molecule has 10 nitrogen and oxygen atoms in total. The third-order valence-corrected chi connectivity index (χ3v) is 4.63. The normalized spacial score (nSPS) is 16.1. The van der Waals surface area contributed by atoms with Gasteiger partial charge in [-0.15, -0.1) is 0 Å². The number of nitrogens with zero attached hydrogens (tertiary/aromatic N) is 7. The molecule has 0 aliphatic carbocycles. The van der Waals surface area contributed by atoms with Gasteiger partial charge in [-0.05, 0) is 36.4 Å². The molecule has 0 unspecified atom stereocenters. The molecule has 10 heteroatoms. The summed E-state index contributed by atoms with van der Waals surface area (Å²) in [6, 6.07) is 27.7. The number of hydrogen-bond acceptors (Lipinski definition) is 10. The molecule has 0 spiro atoms. The van der Waals surface area contributed by atoms with Crippen molar-refractivity contribution >= 4 is 35.9 Å². The van der Waals surface area contributed by atoms with Crippen LogP contribution in [0.1, 0.15) is 0 Å². The van der Waals surface area contributed by atoms with Crippen LogP contribution < -0.4 is 14.2 Å². The summed E-state index contributed by atoms with van der Waals surface area (Å²) < 4.78 is 17.5. The molecule has 34 heavy (non-hydrogen) atoms. The summed E-state index contributed by atoms with van der Waals surface area (Å²) in [6.45, 7) is 0. The van der Waals surface area contributed by atoms with Crippen LogP contribution >= 0.6 is 0 Å². The second kappa shape index (κ2) is 8.43. The second-order valence-electron chi connectivity index (χ2n) is 7.00. The number of aliphatic imine (C=N–C) groups is 6. The molecule has 0 fully saturated rings. The molecule has 0 aromatic heterocycles. The molecule has 0 atom stereocenters. The molecule has 3 heterocycles. The van der Waals surface area contributed by atoms with Gasteiger partial charge in [0.15, 0.2) is 0 Å². The van der Waals surface area contributed by atoms with Crippen LogP contribution in [0.5, 0.6) is 17.2 Å². The Morgan fingerprint density at radius 2 is 0.676 bits per heavy atom. The molecule has 3 aliphatic heterocycles. The monoisotopic (exact) mass is 449 g/mol. The Bertz CT molecular complexity index is 1240. The Morgan fingerprint density at radius 3 is 0.971 bits per heavy atom. The van der Waals surface area contributed by atoms with Crippen molar-refractivity contribution in [3.63, 3.8) is 0 Å². The maximum absolute atomic E-state index is 5.83. The summed E-state index contributed by atoms with van der Waals surface area (Å²) in [5.74, 6) is 2.33. The first-order chi connectivity index (χ1) is 16.8. The van der Waals surface area contributed by atoms with Crippen molar-refractivity contribution in [2.24, 2.45) is 30.0 Å². The van der Waals surface area contributed by atoms with Crippen molar-refractivity contribution < 1.29 is 14.2 Å². The molecule has 3 aromatic carbocycles. The van der Waals surface area contributed by atoms with Gasteiger partial charge in [0, 0.05) is 0 Å². The van der Waals surface area contributed by atoms with E-state index >= 15 is 0 Å². The minimum Gasteiger partial charge on any atom is -0.424 e. The van der Waals surface area contributed by atoms with Crippen LogP contribution in [0, 0.1) is 0 Å².